The van der Waals surface area contributed by atoms with Crippen LogP contribution in [0, 0.1) is 13.8 Å². The molecule has 0 N–H and O–H groups in total. The third-order valence-electron chi connectivity index (χ3n) is 5.60. The zero-order valence-corrected chi connectivity index (χ0v) is 19.6. The molecule has 0 fully saturated rings. The number of ketones is 1. The second-order valence-corrected chi connectivity index (χ2v) is 10.3. The van der Waals surface area contributed by atoms with E-state index in [-0.39, 0.29) is 23.5 Å². The van der Waals surface area contributed by atoms with Gasteiger partial charge >= 0.3 is 0 Å². The molecule has 0 saturated carbocycles. The van der Waals surface area contributed by atoms with Gasteiger partial charge in [0, 0.05) is 30.7 Å². The maximum atomic E-state index is 12.5. The van der Waals surface area contributed by atoms with E-state index in [2.05, 4.69) is 31.0 Å². The summed E-state index contributed by atoms with van der Waals surface area (Å²) in [6.07, 6.45) is 3.34. The van der Waals surface area contributed by atoms with Gasteiger partial charge in [0.2, 0.25) is 0 Å². The van der Waals surface area contributed by atoms with Crippen LogP contribution >= 0.6 is 0 Å². The molecule has 168 valence electrons. The molecule has 4 aromatic rings. The summed E-state index contributed by atoms with van der Waals surface area (Å²) >= 11 is 0. The van der Waals surface area contributed by atoms with E-state index in [1.807, 2.05) is 30.3 Å². The summed E-state index contributed by atoms with van der Waals surface area (Å²) in [5.41, 5.74) is 4.81. The first-order chi connectivity index (χ1) is 15.7. The highest BCUT2D eigenvalue weighted by Crippen LogP contribution is 2.30. The number of hydrogen-bond acceptors (Lipinski definition) is 5. The van der Waals surface area contributed by atoms with Crippen LogP contribution in [0.4, 0.5) is 0 Å². The molecule has 0 aliphatic carbocycles. The van der Waals surface area contributed by atoms with E-state index < -0.39 is 9.84 Å². The Labute approximate surface area is 194 Å². The highest BCUT2D eigenvalue weighted by molar-refractivity contribution is 7.90. The monoisotopic (exact) mass is 459 g/mol. The predicted octanol–water partition coefficient (Wildman–Crippen LogP) is 5.40. The van der Waals surface area contributed by atoms with Gasteiger partial charge in [-0.25, -0.2) is 8.42 Å². The molecular weight excluding hydrogens is 434 g/mol. The van der Waals surface area contributed by atoms with Crippen molar-refractivity contribution in [2.75, 3.05) is 6.26 Å². The molecule has 3 aromatic carbocycles. The lowest BCUT2D eigenvalue weighted by Gasteiger charge is -2.11. The number of aromatic nitrogens is 1. The molecule has 33 heavy (non-hydrogen) atoms. The van der Waals surface area contributed by atoms with Gasteiger partial charge in [0.15, 0.2) is 9.84 Å². The number of pyridine rings is 1. The number of benzene rings is 3. The van der Waals surface area contributed by atoms with Crippen molar-refractivity contribution in [1.29, 1.82) is 0 Å². The summed E-state index contributed by atoms with van der Waals surface area (Å²) in [7, 11) is -3.30. The number of fused-ring (bicyclic) bond motifs is 1. The minimum atomic E-state index is -3.30. The van der Waals surface area contributed by atoms with E-state index in [0.29, 0.717) is 11.3 Å². The van der Waals surface area contributed by atoms with Crippen LogP contribution in [-0.4, -0.2) is 25.4 Å². The SMILES string of the molecule is Cc1cc2nccc(Oc3ccc(CC(=O)Cc4cccc(S(C)(=O)=O)c4)cc3)c2cc1C. The van der Waals surface area contributed by atoms with Crippen LogP contribution in [-0.2, 0) is 27.5 Å². The Balaban J connectivity index is 1.45. The number of Topliss-reactive ketones (excluding diaryl/α,β-unsaturated/α-hetero) is 1. The fraction of sp³-hybridized carbons (Fsp3) is 0.185. The lowest BCUT2D eigenvalue weighted by Crippen LogP contribution is -2.07. The highest BCUT2D eigenvalue weighted by atomic mass is 32.2. The normalized spacial score (nSPS) is 11.5. The molecule has 0 bridgehead atoms. The number of aryl methyl sites for hydroxylation is 2. The lowest BCUT2D eigenvalue weighted by atomic mass is 10.0. The maximum Gasteiger partial charge on any atom is 0.175 e. The van der Waals surface area contributed by atoms with E-state index in [0.717, 1.165) is 28.5 Å². The molecule has 0 amide bonds. The van der Waals surface area contributed by atoms with E-state index in [1.165, 1.54) is 17.2 Å². The van der Waals surface area contributed by atoms with Crippen molar-refractivity contribution in [3.8, 4) is 11.5 Å². The zero-order chi connectivity index (χ0) is 23.6. The number of ether oxygens (including phenoxy) is 1. The molecule has 0 unspecified atom stereocenters. The Bertz CT molecular complexity index is 1440. The Morgan fingerprint density at radius 2 is 1.58 bits per heavy atom. The first-order valence-corrected chi connectivity index (χ1v) is 12.5. The molecule has 0 spiro atoms. The summed E-state index contributed by atoms with van der Waals surface area (Å²) < 4.78 is 29.6. The molecule has 0 aliphatic rings. The van der Waals surface area contributed by atoms with Gasteiger partial charge in [-0.3, -0.25) is 9.78 Å². The Morgan fingerprint density at radius 3 is 2.30 bits per heavy atom. The predicted molar refractivity (Wildman–Crippen MR) is 130 cm³/mol. The van der Waals surface area contributed by atoms with E-state index >= 15 is 0 Å². The minimum absolute atomic E-state index is 0.0142. The van der Waals surface area contributed by atoms with Gasteiger partial charge in [-0.2, -0.15) is 0 Å². The van der Waals surface area contributed by atoms with Crippen LogP contribution in [0.5, 0.6) is 11.5 Å². The number of carbonyl (C=O) groups excluding carboxylic acids is 1. The van der Waals surface area contributed by atoms with Gasteiger partial charge in [0.1, 0.15) is 17.3 Å². The molecule has 4 rings (SSSR count). The average Bonchev–Trinajstić information content (AvgIpc) is 2.76. The molecule has 0 aliphatic heterocycles. The summed E-state index contributed by atoms with van der Waals surface area (Å²) in [6, 6.07) is 20.0. The van der Waals surface area contributed by atoms with Crippen LogP contribution in [0.2, 0.25) is 0 Å². The first kappa shape index (κ1) is 22.7. The quantitative estimate of drug-likeness (QED) is 0.370. The standard InChI is InChI=1S/C27H25NO4S/c1-18-13-25-26(14-19(18)2)28-12-11-27(25)32-23-9-7-20(8-10-23)15-22(29)16-21-5-4-6-24(17-21)33(3,30)31/h4-14,17H,15-16H2,1-3H3. The Kier molecular flexibility index (Phi) is 6.29. The fourth-order valence-corrected chi connectivity index (χ4v) is 4.37. The van der Waals surface area contributed by atoms with Crippen LogP contribution in [0.25, 0.3) is 10.9 Å². The molecular formula is C27H25NO4S. The molecule has 0 radical (unpaired) electrons. The third kappa shape index (κ3) is 5.46. The fourth-order valence-electron chi connectivity index (χ4n) is 3.68. The maximum absolute atomic E-state index is 12.5. The first-order valence-electron chi connectivity index (χ1n) is 10.6. The molecule has 6 heteroatoms. The summed E-state index contributed by atoms with van der Waals surface area (Å²) in [6.45, 7) is 4.13. The molecule has 1 aromatic heterocycles. The molecule has 1 heterocycles. The number of hydrogen-bond donors (Lipinski definition) is 0. The Morgan fingerprint density at radius 1 is 0.879 bits per heavy atom. The van der Waals surface area contributed by atoms with Crippen molar-refractivity contribution in [2.24, 2.45) is 0 Å². The zero-order valence-electron chi connectivity index (χ0n) is 18.8. The average molecular weight is 460 g/mol. The van der Waals surface area contributed by atoms with Gasteiger partial charge in [-0.1, -0.05) is 24.3 Å². The number of sulfone groups is 1. The molecule has 0 atom stereocenters. The van der Waals surface area contributed by atoms with Crippen molar-refractivity contribution in [3.05, 3.63) is 95.2 Å². The van der Waals surface area contributed by atoms with Crippen LogP contribution in [0.15, 0.2) is 77.8 Å². The van der Waals surface area contributed by atoms with Crippen molar-refractivity contribution in [1.82, 2.24) is 4.98 Å². The van der Waals surface area contributed by atoms with Crippen LogP contribution in [0.3, 0.4) is 0 Å². The van der Waals surface area contributed by atoms with E-state index in [9.17, 15) is 13.2 Å². The number of carbonyl (C=O) groups is 1. The topological polar surface area (TPSA) is 73.3 Å². The Hall–Kier alpha value is -3.51. The van der Waals surface area contributed by atoms with Crippen LogP contribution in [0.1, 0.15) is 22.3 Å². The minimum Gasteiger partial charge on any atom is -0.457 e. The van der Waals surface area contributed by atoms with Crippen LogP contribution < -0.4 is 4.74 Å². The van der Waals surface area contributed by atoms with Crippen molar-refractivity contribution in [3.63, 3.8) is 0 Å². The van der Waals surface area contributed by atoms with Crippen molar-refractivity contribution in [2.45, 2.75) is 31.6 Å². The largest absolute Gasteiger partial charge is 0.457 e. The number of nitrogens with zero attached hydrogens (tertiary/aromatic N) is 1. The summed E-state index contributed by atoms with van der Waals surface area (Å²) in [5, 5.41) is 0.955. The second kappa shape index (κ2) is 9.16. The van der Waals surface area contributed by atoms with E-state index in [1.54, 1.807) is 24.4 Å². The lowest BCUT2D eigenvalue weighted by molar-refractivity contribution is -0.117. The van der Waals surface area contributed by atoms with Gasteiger partial charge in [-0.15, -0.1) is 0 Å². The van der Waals surface area contributed by atoms with Gasteiger partial charge in [0.25, 0.3) is 0 Å². The summed E-state index contributed by atoms with van der Waals surface area (Å²) in [5.74, 6) is 1.43. The molecule has 5 nitrogen and oxygen atoms in total. The van der Waals surface area contributed by atoms with Crippen molar-refractivity contribution >= 4 is 26.5 Å². The molecule has 0 saturated heterocycles. The second-order valence-electron chi connectivity index (χ2n) is 8.32. The summed E-state index contributed by atoms with van der Waals surface area (Å²) in [4.78, 5) is 17.2. The van der Waals surface area contributed by atoms with Gasteiger partial charge in [-0.05, 0) is 78.6 Å². The third-order valence-corrected chi connectivity index (χ3v) is 6.71. The van der Waals surface area contributed by atoms with E-state index in [4.69, 9.17) is 4.74 Å². The van der Waals surface area contributed by atoms with Gasteiger partial charge in [0.05, 0.1) is 10.4 Å². The van der Waals surface area contributed by atoms with Crippen molar-refractivity contribution < 1.29 is 17.9 Å². The number of rotatable bonds is 7. The highest BCUT2D eigenvalue weighted by Gasteiger charge is 2.11. The van der Waals surface area contributed by atoms with Gasteiger partial charge < -0.3 is 4.74 Å². The smallest absolute Gasteiger partial charge is 0.175 e.